The third kappa shape index (κ3) is 6.68. The summed E-state index contributed by atoms with van der Waals surface area (Å²) >= 11 is 6.52. The van der Waals surface area contributed by atoms with Crippen molar-refractivity contribution in [2.75, 3.05) is 11.5 Å². The van der Waals surface area contributed by atoms with Crippen LogP contribution in [0.2, 0.25) is 0 Å². The third-order valence-electron chi connectivity index (χ3n) is 4.66. The maximum Gasteiger partial charge on any atom is 0.408 e. The van der Waals surface area contributed by atoms with Crippen LogP contribution in [0.15, 0.2) is 59.1 Å². The fourth-order valence-electron chi connectivity index (χ4n) is 3.25. The van der Waals surface area contributed by atoms with Crippen molar-refractivity contribution in [3.63, 3.8) is 0 Å². The van der Waals surface area contributed by atoms with Gasteiger partial charge in [-0.15, -0.1) is 23.5 Å². The van der Waals surface area contributed by atoms with E-state index >= 15 is 0 Å². The van der Waals surface area contributed by atoms with E-state index in [1.54, 1.807) is 0 Å². The number of carbonyl (C=O) groups is 2. The Kier molecular flexibility index (Phi) is 8.58. The zero-order valence-electron chi connectivity index (χ0n) is 18.4. The Morgan fingerprint density at radius 1 is 1.06 bits per heavy atom. The van der Waals surface area contributed by atoms with E-state index in [1.807, 2.05) is 75.4 Å². The Labute approximate surface area is 206 Å². The summed E-state index contributed by atoms with van der Waals surface area (Å²) in [6.45, 7) is 5.63. The van der Waals surface area contributed by atoms with Crippen molar-refractivity contribution in [1.82, 2.24) is 5.32 Å². The number of esters is 1. The minimum Gasteiger partial charge on any atom is -0.459 e. The molecule has 2 aromatic rings. The number of rotatable bonds is 6. The van der Waals surface area contributed by atoms with Crippen LogP contribution in [-0.4, -0.2) is 33.2 Å². The molecule has 32 heavy (non-hydrogen) atoms. The smallest absolute Gasteiger partial charge is 0.408 e. The Bertz CT molecular complexity index is 910. The Balaban J connectivity index is 1.92. The second-order valence-corrected chi connectivity index (χ2v) is 12.3. The highest BCUT2D eigenvalue weighted by Crippen LogP contribution is 2.51. The molecule has 3 rings (SSSR count). The van der Waals surface area contributed by atoms with Crippen LogP contribution in [0.3, 0.4) is 0 Å². The van der Waals surface area contributed by atoms with Crippen molar-refractivity contribution in [2.45, 2.75) is 49.5 Å². The number of alkyl carbamates (subject to hydrolysis) is 1. The average Bonchev–Trinajstić information content (AvgIpc) is 2.76. The van der Waals surface area contributed by atoms with E-state index in [0.29, 0.717) is 0 Å². The summed E-state index contributed by atoms with van der Waals surface area (Å²) in [5, 5.41) is 2.98. The number of nitrogens with one attached hydrogen (secondary N) is 1. The van der Waals surface area contributed by atoms with Crippen LogP contribution < -0.4 is 5.32 Å². The second-order valence-electron chi connectivity index (χ2n) is 8.41. The van der Waals surface area contributed by atoms with Gasteiger partial charge in [0.2, 0.25) is 0 Å². The van der Waals surface area contributed by atoms with Crippen LogP contribution in [0.1, 0.15) is 44.4 Å². The van der Waals surface area contributed by atoms with Crippen LogP contribution >= 0.6 is 39.5 Å². The van der Waals surface area contributed by atoms with Gasteiger partial charge in [-0.2, -0.15) is 0 Å². The third-order valence-corrected chi connectivity index (χ3v) is 8.55. The van der Waals surface area contributed by atoms with E-state index in [9.17, 15) is 9.59 Å². The molecule has 1 saturated heterocycles. The highest BCUT2D eigenvalue weighted by atomic mass is 79.9. The number of ether oxygens (including phenoxy) is 2. The lowest BCUT2D eigenvalue weighted by Crippen LogP contribution is -2.50. The normalized spacial score (nSPS) is 16.6. The number of thioether (sulfide) groups is 2. The maximum absolute atomic E-state index is 13.6. The van der Waals surface area contributed by atoms with E-state index in [-0.39, 0.29) is 12.6 Å². The van der Waals surface area contributed by atoms with E-state index in [0.717, 1.165) is 33.5 Å². The van der Waals surface area contributed by atoms with Crippen LogP contribution in [0.25, 0.3) is 0 Å². The molecule has 1 amide bonds. The van der Waals surface area contributed by atoms with Gasteiger partial charge in [-0.05, 0) is 62.0 Å². The SMILES string of the molecule is CC(C)(C)OC(=O)N[C@@H](c1ccc(Br)cc1)C1(C(=O)OCc2ccccc2)SCCCS1. The molecule has 1 fully saturated rings. The average molecular weight is 539 g/mol. The predicted octanol–water partition coefficient (Wildman–Crippen LogP) is 6.32. The first-order valence-electron chi connectivity index (χ1n) is 10.4. The topological polar surface area (TPSA) is 64.6 Å². The first-order valence-corrected chi connectivity index (χ1v) is 13.2. The molecule has 0 aromatic heterocycles. The Morgan fingerprint density at radius 3 is 2.28 bits per heavy atom. The van der Waals surface area contributed by atoms with Gasteiger partial charge in [0.25, 0.3) is 0 Å². The number of hydrogen-bond donors (Lipinski definition) is 1. The quantitative estimate of drug-likeness (QED) is 0.434. The monoisotopic (exact) mass is 537 g/mol. The molecule has 1 aliphatic heterocycles. The van der Waals surface area contributed by atoms with Crippen molar-refractivity contribution in [2.24, 2.45) is 0 Å². The summed E-state index contributed by atoms with van der Waals surface area (Å²) in [7, 11) is 0. The van der Waals surface area contributed by atoms with Gasteiger partial charge in [-0.25, -0.2) is 9.59 Å². The lowest BCUT2D eigenvalue weighted by atomic mass is 10.0. The minimum absolute atomic E-state index is 0.183. The van der Waals surface area contributed by atoms with Gasteiger partial charge >= 0.3 is 12.1 Å². The molecule has 0 saturated carbocycles. The van der Waals surface area contributed by atoms with E-state index in [1.165, 1.54) is 23.5 Å². The molecule has 8 heteroatoms. The number of halogens is 1. The summed E-state index contributed by atoms with van der Waals surface area (Å²) in [6.07, 6.45) is 0.426. The highest BCUT2D eigenvalue weighted by molar-refractivity contribution is 9.10. The van der Waals surface area contributed by atoms with Crippen LogP contribution in [0.5, 0.6) is 0 Å². The molecule has 0 spiro atoms. The van der Waals surface area contributed by atoms with Gasteiger partial charge in [-0.1, -0.05) is 58.4 Å². The fraction of sp³-hybridized carbons (Fsp3) is 0.417. The number of amides is 1. The molecule has 172 valence electrons. The van der Waals surface area contributed by atoms with Gasteiger partial charge < -0.3 is 14.8 Å². The standard InChI is InChI=1S/C24H28BrNO4S2/c1-23(2,3)30-22(28)26-20(18-10-12-19(25)13-11-18)24(31-14-7-15-32-24)21(27)29-16-17-8-5-4-6-9-17/h4-6,8-13,20H,7,14-16H2,1-3H3,(H,26,28)/t20-/m0/s1. The molecule has 0 unspecified atom stereocenters. The lowest BCUT2D eigenvalue weighted by molar-refractivity contribution is -0.146. The van der Waals surface area contributed by atoms with Crippen molar-refractivity contribution < 1.29 is 19.1 Å². The Hall–Kier alpha value is -1.64. The Morgan fingerprint density at radius 2 is 1.69 bits per heavy atom. The molecule has 5 nitrogen and oxygen atoms in total. The van der Waals surface area contributed by atoms with Crippen LogP contribution in [0.4, 0.5) is 4.79 Å². The largest absolute Gasteiger partial charge is 0.459 e. The fourth-order valence-corrected chi connectivity index (χ4v) is 6.79. The van der Waals surface area contributed by atoms with E-state index in [2.05, 4.69) is 21.2 Å². The summed E-state index contributed by atoms with van der Waals surface area (Å²) in [6, 6.07) is 16.6. The van der Waals surface area contributed by atoms with Gasteiger partial charge in [-0.3, -0.25) is 0 Å². The summed E-state index contributed by atoms with van der Waals surface area (Å²) in [4.78, 5) is 26.4. The van der Waals surface area contributed by atoms with Gasteiger partial charge in [0.05, 0.1) is 6.04 Å². The molecule has 1 heterocycles. The number of benzene rings is 2. The lowest BCUT2D eigenvalue weighted by Gasteiger charge is -2.40. The molecule has 1 atom stereocenters. The molecular weight excluding hydrogens is 510 g/mol. The molecule has 0 bridgehead atoms. The second kappa shape index (κ2) is 11.0. The van der Waals surface area contributed by atoms with Gasteiger partial charge in [0.15, 0.2) is 4.08 Å². The van der Waals surface area contributed by atoms with Crippen LogP contribution in [-0.2, 0) is 20.9 Å². The first kappa shape index (κ1) is 25.0. The summed E-state index contributed by atoms with van der Waals surface area (Å²) in [5.41, 5.74) is 1.09. The summed E-state index contributed by atoms with van der Waals surface area (Å²) < 4.78 is 11.2. The molecular formula is C24H28BrNO4S2. The van der Waals surface area contributed by atoms with E-state index in [4.69, 9.17) is 9.47 Å². The number of hydrogen-bond acceptors (Lipinski definition) is 6. The zero-order valence-corrected chi connectivity index (χ0v) is 21.6. The predicted molar refractivity (Wildman–Crippen MR) is 135 cm³/mol. The molecule has 1 N–H and O–H groups in total. The van der Waals surface area contributed by atoms with Crippen LogP contribution in [0, 0.1) is 0 Å². The minimum atomic E-state index is -1.02. The van der Waals surface area contributed by atoms with Crippen molar-refractivity contribution in [3.8, 4) is 0 Å². The highest BCUT2D eigenvalue weighted by Gasteiger charge is 2.51. The van der Waals surface area contributed by atoms with Crippen molar-refractivity contribution in [3.05, 3.63) is 70.2 Å². The van der Waals surface area contributed by atoms with Crippen molar-refractivity contribution in [1.29, 1.82) is 0 Å². The van der Waals surface area contributed by atoms with Crippen molar-refractivity contribution >= 4 is 51.5 Å². The maximum atomic E-state index is 13.6. The van der Waals surface area contributed by atoms with E-state index < -0.39 is 21.8 Å². The van der Waals surface area contributed by atoms with Gasteiger partial charge in [0.1, 0.15) is 12.2 Å². The number of carbonyl (C=O) groups excluding carboxylic acids is 2. The molecule has 0 aliphatic carbocycles. The first-order chi connectivity index (χ1) is 15.2. The van der Waals surface area contributed by atoms with Gasteiger partial charge in [0, 0.05) is 4.47 Å². The zero-order chi connectivity index (χ0) is 23.2. The molecule has 1 aliphatic rings. The summed E-state index contributed by atoms with van der Waals surface area (Å²) in [5.74, 6) is 1.26. The molecule has 0 radical (unpaired) electrons. The molecule has 2 aromatic carbocycles.